The van der Waals surface area contributed by atoms with Crippen LogP contribution in [0.2, 0.25) is 0 Å². The topological polar surface area (TPSA) is 70.6 Å². The van der Waals surface area contributed by atoms with Gasteiger partial charge in [-0.1, -0.05) is 59.3 Å². The fourth-order valence-corrected chi connectivity index (χ4v) is 2.70. The molecular formula is C19H40N2O3. The molecule has 2 atom stereocenters. The molecule has 24 heavy (non-hydrogen) atoms. The number of rotatable bonds is 17. The third-order valence-electron chi connectivity index (χ3n) is 4.19. The van der Waals surface area contributed by atoms with E-state index in [2.05, 4.69) is 24.5 Å². The average Bonchev–Trinajstić information content (AvgIpc) is 2.57. The summed E-state index contributed by atoms with van der Waals surface area (Å²) in [4.78, 5) is 11.3. The zero-order chi connectivity index (χ0) is 18.0. The molecule has 0 bridgehead atoms. The fraction of sp³-hybridized carbons (Fsp3) is 0.947. The van der Waals surface area contributed by atoms with Crippen LogP contribution >= 0.6 is 0 Å². The van der Waals surface area contributed by atoms with E-state index in [-0.39, 0.29) is 5.91 Å². The Labute approximate surface area is 148 Å². The quantitative estimate of drug-likeness (QED) is 0.279. The van der Waals surface area contributed by atoms with Gasteiger partial charge in [-0.05, 0) is 25.2 Å². The third kappa shape index (κ3) is 14.9. The average molecular weight is 345 g/mol. The summed E-state index contributed by atoms with van der Waals surface area (Å²) >= 11 is 0. The van der Waals surface area contributed by atoms with Gasteiger partial charge in [-0.15, -0.1) is 0 Å². The maximum absolute atomic E-state index is 11.3. The summed E-state index contributed by atoms with van der Waals surface area (Å²) in [6.45, 7) is 7.96. The van der Waals surface area contributed by atoms with Gasteiger partial charge in [0.1, 0.15) is 0 Å². The van der Waals surface area contributed by atoms with Gasteiger partial charge in [-0.2, -0.15) is 0 Å². The van der Waals surface area contributed by atoms with Crippen LogP contribution in [0.5, 0.6) is 0 Å². The summed E-state index contributed by atoms with van der Waals surface area (Å²) in [6.07, 6.45) is 10.4. The second-order valence-corrected chi connectivity index (χ2v) is 6.59. The molecule has 2 unspecified atom stereocenters. The highest BCUT2D eigenvalue weighted by molar-refractivity contribution is 5.75. The van der Waals surface area contributed by atoms with E-state index in [1.807, 2.05) is 6.92 Å². The lowest BCUT2D eigenvalue weighted by molar-refractivity contribution is -0.128. The first-order valence-corrected chi connectivity index (χ1v) is 9.93. The second kappa shape index (κ2) is 17.2. The highest BCUT2D eigenvalue weighted by Gasteiger charge is 2.11. The molecule has 144 valence electrons. The first kappa shape index (κ1) is 23.4. The van der Waals surface area contributed by atoms with E-state index in [0.29, 0.717) is 25.5 Å². The van der Waals surface area contributed by atoms with Crippen molar-refractivity contribution in [2.75, 3.05) is 19.7 Å². The van der Waals surface area contributed by atoms with Gasteiger partial charge in [-0.3, -0.25) is 10.1 Å². The predicted octanol–water partition coefficient (Wildman–Crippen LogP) is 3.56. The van der Waals surface area contributed by atoms with Crippen molar-refractivity contribution in [2.45, 2.75) is 91.4 Å². The fourth-order valence-electron chi connectivity index (χ4n) is 2.70. The molecule has 0 fully saturated rings. The van der Waals surface area contributed by atoms with Crippen molar-refractivity contribution < 1.29 is 14.6 Å². The van der Waals surface area contributed by atoms with Crippen LogP contribution in [0, 0.1) is 5.92 Å². The second-order valence-electron chi connectivity index (χ2n) is 6.59. The first-order chi connectivity index (χ1) is 11.6. The van der Waals surface area contributed by atoms with Gasteiger partial charge >= 0.3 is 0 Å². The van der Waals surface area contributed by atoms with Crippen molar-refractivity contribution in [3.63, 3.8) is 0 Å². The molecule has 0 aliphatic rings. The van der Waals surface area contributed by atoms with E-state index < -0.39 is 6.41 Å². The molecule has 0 saturated heterocycles. The molecule has 0 aromatic heterocycles. The van der Waals surface area contributed by atoms with E-state index in [9.17, 15) is 9.90 Å². The molecule has 5 heteroatoms. The van der Waals surface area contributed by atoms with E-state index in [0.717, 1.165) is 13.0 Å². The van der Waals surface area contributed by atoms with Gasteiger partial charge in [0.05, 0.1) is 6.61 Å². The smallest absolute Gasteiger partial charge is 0.220 e. The molecular weight excluding hydrogens is 304 g/mol. The minimum atomic E-state index is -0.951. The number of hydrogen-bond acceptors (Lipinski definition) is 4. The number of hydrogen-bond donors (Lipinski definition) is 3. The van der Waals surface area contributed by atoms with Gasteiger partial charge < -0.3 is 15.2 Å². The summed E-state index contributed by atoms with van der Waals surface area (Å²) in [7, 11) is 0. The Morgan fingerprint density at radius 3 is 2.38 bits per heavy atom. The minimum absolute atomic E-state index is 0.0373. The van der Waals surface area contributed by atoms with Crippen LogP contribution in [0.4, 0.5) is 0 Å². The number of amides is 1. The van der Waals surface area contributed by atoms with Crippen molar-refractivity contribution in [2.24, 2.45) is 5.92 Å². The lowest BCUT2D eigenvalue weighted by atomic mass is 9.95. The molecule has 0 aromatic carbocycles. The summed E-state index contributed by atoms with van der Waals surface area (Å²) < 4.78 is 5.30. The summed E-state index contributed by atoms with van der Waals surface area (Å²) in [5.74, 6) is 0.638. The molecule has 0 saturated carbocycles. The predicted molar refractivity (Wildman–Crippen MR) is 99.7 cm³/mol. The van der Waals surface area contributed by atoms with Crippen LogP contribution in [-0.2, 0) is 9.53 Å². The van der Waals surface area contributed by atoms with Crippen molar-refractivity contribution in [3.8, 4) is 0 Å². The highest BCUT2D eigenvalue weighted by Crippen LogP contribution is 2.16. The summed E-state index contributed by atoms with van der Waals surface area (Å²) in [5.41, 5.74) is 0. The zero-order valence-electron chi connectivity index (χ0n) is 16.1. The Kier molecular flexibility index (Phi) is 16.7. The van der Waals surface area contributed by atoms with Gasteiger partial charge in [0.25, 0.3) is 0 Å². The number of carbonyl (C=O) groups excluding carboxylic acids is 1. The summed E-state index contributed by atoms with van der Waals surface area (Å²) in [6, 6.07) is 0. The Bertz CT molecular complexity index is 288. The lowest BCUT2D eigenvalue weighted by Crippen LogP contribution is -2.37. The number of ether oxygens (including phenoxy) is 1. The number of aliphatic hydroxyl groups is 1. The van der Waals surface area contributed by atoms with E-state index >= 15 is 0 Å². The van der Waals surface area contributed by atoms with Crippen molar-refractivity contribution in [1.29, 1.82) is 0 Å². The number of carbonyl (C=O) groups is 1. The number of aliphatic hydroxyl groups excluding tert-OH is 1. The van der Waals surface area contributed by atoms with Gasteiger partial charge in [0, 0.05) is 19.5 Å². The Hall–Kier alpha value is -0.650. The third-order valence-corrected chi connectivity index (χ3v) is 4.19. The van der Waals surface area contributed by atoms with Crippen molar-refractivity contribution in [3.05, 3.63) is 0 Å². The zero-order valence-corrected chi connectivity index (χ0v) is 16.1. The monoisotopic (exact) mass is 344 g/mol. The Morgan fingerprint density at radius 1 is 1.00 bits per heavy atom. The molecule has 0 radical (unpaired) electrons. The van der Waals surface area contributed by atoms with Gasteiger partial charge in [-0.25, -0.2) is 0 Å². The van der Waals surface area contributed by atoms with Gasteiger partial charge in [0.2, 0.25) is 12.3 Å². The van der Waals surface area contributed by atoms with Crippen LogP contribution in [0.25, 0.3) is 0 Å². The molecule has 0 aromatic rings. The standard InChI is InChI=1S/C19H40N2O3/c1-4-7-9-10-13-17(12-8-5-2)16-21-19(23)24-15-14-20-18(22)11-6-3/h17,19,21,23H,4-16H2,1-3H3,(H,20,22). The SMILES string of the molecule is CCCCCCC(CCCC)CNC(O)OCCNC(=O)CCC. The number of nitrogens with one attached hydrogen (secondary N) is 2. The molecule has 3 N–H and O–H groups in total. The van der Waals surface area contributed by atoms with Crippen LogP contribution in [-0.4, -0.2) is 37.1 Å². The molecule has 0 heterocycles. The number of unbranched alkanes of at least 4 members (excludes halogenated alkanes) is 4. The summed E-state index contributed by atoms with van der Waals surface area (Å²) in [5, 5.41) is 15.7. The van der Waals surface area contributed by atoms with Crippen molar-refractivity contribution >= 4 is 5.91 Å². The molecule has 0 rings (SSSR count). The van der Waals surface area contributed by atoms with Gasteiger partial charge in [0.15, 0.2) is 0 Å². The Morgan fingerprint density at radius 2 is 1.71 bits per heavy atom. The Balaban J connectivity index is 3.81. The molecule has 0 spiro atoms. The van der Waals surface area contributed by atoms with Crippen molar-refractivity contribution in [1.82, 2.24) is 10.6 Å². The molecule has 5 nitrogen and oxygen atoms in total. The largest absolute Gasteiger partial charge is 0.356 e. The minimum Gasteiger partial charge on any atom is -0.356 e. The van der Waals surface area contributed by atoms with E-state index in [4.69, 9.17) is 4.74 Å². The van der Waals surface area contributed by atoms with E-state index in [1.54, 1.807) is 0 Å². The van der Waals surface area contributed by atoms with Crippen LogP contribution in [0.1, 0.15) is 85.0 Å². The normalized spacial score (nSPS) is 13.7. The van der Waals surface area contributed by atoms with Crippen LogP contribution < -0.4 is 10.6 Å². The maximum atomic E-state index is 11.3. The first-order valence-electron chi connectivity index (χ1n) is 9.93. The van der Waals surface area contributed by atoms with Crippen LogP contribution in [0.15, 0.2) is 0 Å². The maximum Gasteiger partial charge on any atom is 0.220 e. The highest BCUT2D eigenvalue weighted by atomic mass is 16.6. The lowest BCUT2D eigenvalue weighted by Gasteiger charge is -2.20. The van der Waals surface area contributed by atoms with Crippen LogP contribution in [0.3, 0.4) is 0 Å². The molecule has 1 amide bonds. The van der Waals surface area contributed by atoms with E-state index in [1.165, 1.54) is 51.4 Å². The molecule has 0 aliphatic carbocycles. The molecule has 0 aliphatic heterocycles.